The molecule has 1 aliphatic heterocycles. The Morgan fingerprint density at radius 3 is 2.55 bits per heavy atom. The topological polar surface area (TPSA) is 87.0 Å². The summed E-state index contributed by atoms with van der Waals surface area (Å²) in [6.07, 6.45) is 1.01. The number of carboxylic acid groups (broad SMARTS) is 1. The van der Waals surface area contributed by atoms with Crippen LogP contribution in [-0.4, -0.2) is 54.8 Å². The van der Waals surface area contributed by atoms with E-state index in [2.05, 4.69) is 56.8 Å². The Bertz CT molecular complexity index is 1220. The summed E-state index contributed by atoms with van der Waals surface area (Å²) in [4.78, 5) is 24.0. The Hall–Kier alpha value is -3.40. The fourth-order valence-corrected chi connectivity index (χ4v) is 4.14. The highest BCUT2D eigenvalue weighted by Gasteiger charge is 2.38. The number of aromatic amines is 1. The smallest absolute Gasteiger partial charge is 0.475 e. The fourth-order valence-electron chi connectivity index (χ4n) is 4.14. The molecule has 3 aromatic heterocycles. The summed E-state index contributed by atoms with van der Waals surface area (Å²) in [5.74, 6) is -1.01. The van der Waals surface area contributed by atoms with Gasteiger partial charge < -0.3 is 14.7 Å². The van der Waals surface area contributed by atoms with Gasteiger partial charge in [-0.1, -0.05) is 18.2 Å². The van der Waals surface area contributed by atoms with Crippen LogP contribution < -0.4 is 0 Å². The third kappa shape index (κ3) is 5.16. The summed E-state index contributed by atoms with van der Waals surface area (Å²) in [7, 11) is 2.09. The minimum Gasteiger partial charge on any atom is -0.475 e. The van der Waals surface area contributed by atoms with Gasteiger partial charge in [-0.15, -0.1) is 0 Å². The Balaban J connectivity index is 0.000000325. The first kappa shape index (κ1) is 22.8. The molecule has 174 valence electrons. The van der Waals surface area contributed by atoms with Crippen molar-refractivity contribution in [1.82, 2.24) is 24.4 Å². The minimum atomic E-state index is -5.08. The summed E-state index contributed by atoms with van der Waals surface area (Å²) >= 11 is 0. The van der Waals surface area contributed by atoms with Crippen molar-refractivity contribution in [3.05, 3.63) is 60.3 Å². The summed E-state index contributed by atoms with van der Waals surface area (Å²) < 4.78 is 33.9. The van der Waals surface area contributed by atoms with Gasteiger partial charge in [-0.3, -0.25) is 9.88 Å². The number of halogens is 3. The van der Waals surface area contributed by atoms with E-state index in [1.165, 1.54) is 29.4 Å². The van der Waals surface area contributed by atoms with Crippen molar-refractivity contribution in [2.45, 2.75) is 31.5 Å². The van der Waals surface area contributed by atoms with Crippen LogP contribution in [0, 0.1) is 0 Å². The number of H-pyrrole nitrogens is 1. The predicted octanol–water partition coefficient (Wildman–Crippen LogP) is 4.46. The number of nitrogens with one attached hydrogen (secondary N) is 1. The number of likely N-dealkylation sites (tertiary alicyclic amines) is 1. The zero-order chi connectivity index (χ0) is 23.6. The van der Waals surface area contributed by atoms with Gasteiger partial charge in [0.25, 0.3) is 0 Å². The molecule has 2 N–H and O–H groups in total. The number of fused-ring (bicyclic) bond motifs is 2. The van der Waals surface area contributed by atoms with Crippen LogP contribution in [0.3, 0.4) is 0 Å². The number of alkyl halides is 3. The maximum atomic E-state index is 10.6. The molecule has 0 bridgehead atoms. The van der Waals surface area contributed by atoms with Gasteiger partial charge in [0.15, 0.2) is 0 Å². The number of pyridine rings is 1. The number of hydrogen-bond acceptors (Lipinski definition) is 4. The second-order valence-electron chi connectivity index (χ2n) is 8.12. The van der Waals surface area contributed by atoms with Crippen LogP contribution >= 0.6 is 0 Å². The average Bonchev–Trinajstić information content (AvgIpc) is 3.36. The maximum absolute atomic E-state index is 10.6. The minimum absolute atomic E-state index is 0.628. The number of benzene rings is 1. The van der Waals surface area contributed by atoms with Crippen LogP contribution in [0.5, 0.6) is 0 Å². The highest BCUT2D eigenvalue weighted by molar-refractivity contribution is 5.80. The van der Waals surface area contributed by atoms with E-state index >= 15 is 0 Å². The van der Waals surface area contributed by atoms with E-state index in [0.717, 1.165) is 36.5 Å². The largest absolute Gasteiger partial charge is 0.490 e. The molecular weight excluding hydrogens is 435 g/mol. The van der Waals surface area contributed by atoms with Gasteiger partial charge >= 0.3 is 12.1 Å². The maximum Gasteiger partial charge on any atom is 0.490 e. The second kappa shape index (κ2) is 9.22. The molecule has 0 spiro atoms. The highest BCUT2D eigenvalue weighted by Crippen LogP contribution is 2.30. The van der Waals surface area contributed by atoms with Gasteiger partial charge in [0.1, 0.15) is 5.82 Å². The molecule has 1 aromatic carbocycles. The normalized spacial score (nSPS) is 15.5. The third-order valence-corrected chi connectivity index (χ3v) is 5.96. The lowest BCUT2D eigenvalue weighted by Crippen LogP contribution is -2.33. The molecule has 0 unspecified atom stereocenters. The number of aliphatic carboxylic acids is 1. The Kier molecular flexibility index (Phi) is 6.37. The standard InChI is InChI=1S/C21H23N5.C2HF3O2/c1-25-20-13-22-9-6-18(20)24-21(25)14-26-10-7-15(8-11-26)19-12-16-4-2-3-5-17(16)23-19;3-2(4,5)1(6)7/h2-6,9,12-13,15,23H,7-8,10-11,14H2,1H3;(H,6,7). The number of imidazole rings is 1. The number of aryl methyl sites for hydroxylation is 1. The lowest BCUT2D eigenvalue weighted by Gasteiger charge is -2.31. The molecule has 0 radical (unpaired) electrons. The lowest BCUT2D eigenvalue weighted by molar-refractivity contribution is -0.192. The van der Waals surface area contributed by atoms with E-state index in [0.29, 0.717) is 5.92 Å². The summed E-state index contributed by atoms with van der Waals surface area (Å²) in [6.45, 7) is 3.13. The first-order chi connectivity index (χ1) is 15.7. The van der Waals surface area contributed by atoms with Gasteiger partial charge in [0.2, 0.25) is 0 Å². The van der Waals surface area contributed by atoms with E-state index in [1.807, 2.05) is 18.5 Å². The van der Waals surface area contributed by atoms with Gasteiger partial charge in [0.05, 0.1) is 23.8 Å². The van der Waals surface area contributed by atoms with Crippen molar-refractivity contribution >= 4 is 27.9 Å². The van der Waals surface area contributed by atoms with Crippen molar-refractivity contribution in [2.24, 2.45) is 7.05 Å². The van der Waals surface area contributed by atoms with Crippen LogP contribution in [0.25, 0.3) is 21.9 Å². The Labute approximate surface area is 187 Å². The number of carboxylic acids is 1. The van der Waals surface area contributed by atoms with Crippen LogP contribution in [0.4, 0.5) is 13.2 Å². The lowest BCUT2D eigenvalue weighted by atomic mass is 9.93. The second-order valence-corrected chi connectivity index (χ2v) is 8.12. The van der Waals surface area contributed by atoms with E-state index in [9.17, 15) is 13.2 Å². The molecule has 4 heterocycles. The van der Waals surface area contributed by atoms with Gasteiger partial charge in [-0.2, -0.15) is 13.2 Å². The van der Waals surface area contributed by atoms with Gasteiger partial charge in [-0.25, -0.2) is 9.78 Å². The average molecular weight is 459 g/mol. The summed E-state index contributed by atoms with van der Waals surface area (Å²) in [5, 5.41) is 8.44. The molecule has 0 saturated carbocycles. The molecule has 1 fully saturated rings. The molecule has 33 heavy (non-hydrogen) atoms. The number of carbonyl (C=O) groups is 1. The van der Waals surface area contributed by atoms with Gasteiger partial charge in [-0.05, 0) is 49.5 Å². The van der Waals surface area contributed by atoms with E-state index in [-0.39, 0.29) is 0 Å². The van der Waals surface area contributed by atoms with Crippen molar-refractivity contribution in [1.29, 1.82) is 0 Å². The number of nitrogens with zero attached hydrogens (tertiary/aromatic N) is 4. The van der Waals surface area contributed by atoms with Gasteiger partial charge in [0, 0.05) is 30.4 Å². The zero-order valence-corrected chi connectivity index (χ0v) is 18.0. The monoisotopic (exact) mass is 459 g/mol. The van der Waals surface area contributed by atoms with Crippen molar-refractivity contribution in [2.75, 3.05) is 13.1 Å². The number of para-hydroxylation sites is 1. The zero-order valence-electron chi connectivity index (χ0n) is 18.0. The third-order valence-electron chi connectivity index (χ3n) is 5.96. The first-order valence-electron chi connectivity index (χ1n) is 10.6. The SMILES string of the molecule is Cn1c(CN2CCC(c3cc4ccccc4[nH]3)CC2)nc2ccncc21.O=C(O)C(F)(F)F. The molecule has 1 saturated heterocycles. The molecule has 1 aliphatic rings. The number of hydrogen-bond donors (Lipinski definition) is 2. The molecule has 10 heteroatoms. The first-order valence-corrected chi connectivity index (χ1v) is 10.6. The number of piperidine rings is 1. The number of aromatic nitrogens is 4. The van der Waals surface area contributed by atoms with Crippen LogP contribution in [0.1, 0.15) is 30.3 Å². The van der Waals surface area contributed by atoms with E-state index in [4.69, 9.17) is 14.9 Å². The highest BCUT2D eigenvalue weighted by atomic mass is 19.4. The van der Waals surface area contributed by atoms with E-state index in [1.54, 1.807) is 0 Å². The van der Waals surface area contributed by atoms with Crippen molar-refractivity contribution in [3.63, 3.8) is 0 Å². The summed E-state index contributed by atoms with van der Waals surface area (Å²) in [6, 6.07) is 12.9. The van der Waals surface area contributed by atoms with Crippen LogP contribution in [0.2, 0.25) is 0 Å². The Morgan fingerprint density at radius 1 is 1.21 bits per heavy atom. The van der Waals surface area contributed by atoms with Crippen molar-refractivity contribution in [3.8, 4) is 0 Å². The predicted molar refractivity (Wildman–Crippen MR) is 118 cm³/mol. The fraction of sp³-hybridized carbons (Fsp3) is 0.348. The Morgan fingerprint density at radius 2 is 1.91 bits per heavy atom. The molecule has 4 aromatic rings. The molecular formula is C23H24F3N5O2. The van der Waals surface area contributed by atoms with Crippen molar-refractivity contribution < 1.29 is 23.1 Å². The quantitative estimate of drug-likeness (QED) is 0.472. The molecule has 5 rings (SSSR count). The van der Waals surface area contributed by atoms with Crippen LogP contribution in [0.15, 0.2) is 48.8 Å². The van der Waals surface area contributed by atoms with Crippen LogP contribution in [-0.2, 0) is 18.4 Å². The molecule has 0 amide bonds. The number of rotatable bonds is 3. The molecule has 0 atom stereocenters. The molecule has 7 nitrogen and oxygen atoms in total. The molecule has 0 aliphatic carbocycles. The van der Waals surface area contributed by atoms with E-state index < -0.39 is 12.1 Å². The summed E-state index contributed by atoms with van der Waals surface area (Å²) in [5.41, 5.74) is 4.78.